The van der Waals surface area contributed by atoms with Crippen LogP contribution in [0.5, 0.6) is 0 Å². The number of hydrogen-bond acceptors (Lipinski definition) is 5. The van der Waals surface area contributed by atoms with Crippen molar-refractivity contribution in [3.63, 3.8) is 0 Å². The fourth-order valence-corrected chi connectivity index (χ4v) is 4.58. The van der Waals surface area contributed by atoms with Gasteiger partial charge in [-0.1, -0.05) is 52.0 Å². The Morgan fingerprint density at radius 3 is 2.15 bits per heavy atom. The Labute approximate surface area is 258 Å². The minimum Gasteiger partial charge on any atom is -1.00 e. The summed E-state index contributed by atoms with van der Waals surface area (Å²) in [6.07, 6.45) is -2.14. The molecule has 0 aliphatic carbocycles. The molecule has 8 nitrogen and oxygen atoms in total. The zero-order valence-corrected chi connectivity index (χ0v) is 25.9. The smallest absolute Gasteiger partial charge is 1.00 e. The average Bonchev–Trinajstić information content (AvgIpc) is 3.26. The van der Waals surface area contributed by atoms with E-state index in [1.54, 1.807) is 16.8 Å². The third-order valence-electron chi connectivity index (χ3n) is 6.65. The van der Waals surface area contributed by atoms with E-state index in [1.165, 1.54) is 17.7 Å². The number of carbonyl (C=O) groups is 2. The minimum atomic E-state index is -1.17. The van der Waals surface area contributed by atoms with E-state index in [4.69, 9.17) is 5.11 Å². The molecule has 4 N–H and O–H groups in total. The fraction of sp³-hybridized carbons (Fsp3) is 0.433. The van der Waals surface area contributed by atoms with E-state index in [-0.39, 0.29) is 61.3 Å². The summed E-state index contributed by atoms with van der Waals surface area (Å²) in [5.74, 6) is -1.56. The van der Waals surface area contributed by atoms with Gasteiger partial charge in [0.25, 0.3) is 5.91 Å². The van der Waals surface area contributed by atoms with E-state index in [0.717, 1.165) is 5.56 Å². The van der Waals surface area contributed by atoms with Crippen molar-refractivity contribution in [3.8, 4) is 5.69 Å². The Balaban J connectivity index is 0.00000420. The molecule has 0 spiro atoms. The molecule has 1 heterocycles. The van der Waals surface area contributed by atoms with Gasteiger partial charge in [-0.2, -0.15) is 5.10 Å². The summed E-state index contributed by atoms with van der Waals surface area (Å²) in [6.45, 7) is 8.47. The number of amides is 1. The van der Waals surface area contributed by atoms with E-state index in [9.17, 15) is 24.2 Å². The number of nitrogens with zero attached hydrogens (tertiary/aromatic N) is 2. The summed E-state index contributed by atoms with van der Waals surface area (Å²) < 4.78 is 15.2. The van der Waals surface area contributed by atoms with Gasteiger partial charge in [0, 0.05) is 17.8 Å². The standard InChI is InChI=1S/C30H38FN3O5.Na.H/c1-18(2)21-7-5-20(6-8-21)17-32-30(39)29-28(19(3)4)26(14-13-24(35)15-25(36)16-27(37)38)34(33-29)23-11-9-22(31)10-12-23;;/h5-12,18-19,24-25,35-36H,13-17H2,1-4H3,(H,32,39)(H,37,38);;/q;+1;-1/t24-,25-;;/m1../s1. The Bertz CT molecular complexity index is 1270. The van der Waals surface area contributed by atoms with Gasteiger partial charge in [-0.15, -0.1) is 0 Å². The number of aliphatic hydroxyl groups excluding tert-OH is 2. The number of halogens is 1. The number of hydrogen-bond donors (Lipinski definition) is 4. The third-order valence-corrected chi connectivity index (χ3v) is 6.65. The number of carboxylic acid groups (broad SMARTS) is 1. The van der Waals surface area contributed by atoms with E-state index < -0.39 is 30.4 Å². The van der Waals surface area contributed by atoms with Crippen LogP contribution < -0.4 is 34.9 Å². The molecule has 212 valence electrons. The Morgan fingerprint density at radius 1 is 0.975 bits per heavy atom. The maximum Gasteiger partial charge on any atom is 1.00 e. The SMILES string of the molecule is CC(C)c1ccc(CNC(=O)c2nn(-c3ccc(F)cc3)c(CC[C@@H](O)C[C@@H](O)CC(=O)O)c2C(C)C)cc1.[H-].[Na+]. The molecule has 1 amide bonds. The summed E-state index contributed by atoms with van der Waals surface area (Å²) in [7, 11) is 0. The van der Waals surface area contributed by atoms with Gasteiger partial charge in [-0.3, -0.25) is 9.59 Å². The number of carboxylic acids is 1. The largest absolute Gasteiger partial charge is 1.00 e. The Kier molecular flexibility index (Phi) is 13.0. The molecule has 2 atom stereocenters. The van der Waals surface area contributed by atoms with Crippen LogP contribution in [0.25, 0.3) is 5.69 Å². The Hall–Kier alpha value is -2.56. The molecule has 10 heteroatoms. The van der Waals surface area contributed by atoms with Crippen LogP contribution in [0.1, 0.15) is 93.1 Å². The van der Waals surface area contributed by atoms with Crippen LogP contribution in [-0.2, 0) is 17.8 Å². The van der Waals surface area contributed by atoms with Crippen LogP contribution in [0.15, 0.2) is 48.5 Å². The van der Waals surface area contributed by atoms with Crippen molar-refractivity contribution in [3.05, 3.63) is 82.4 Å². The first-order valence-corrected chi connectivity index (χ1v) is 13.3. The molecule has 0 fully saturated rings. The molecular formula is C30H39FN3NaO5. The third kappa shape index (κ3) is 9.24. The molecule has 2 aromatic carbocycles. The Morgan fingerprint density at radius 2 is 1.60 bits per heavy atom. The van der Waals surface area contributed by atoms with Crippen molar-refractivity contribution < 1.29 is 60.3 Å². The predicted molar refractivity (Wildman–Crippen MR) is 148 cm³/mol. The second-order valence-electron chi connectivity index (χ2n) is 10.5. The number of nitrogens with one attached hydrogen (secondary N) is 1. The van der Waals surface area contributed by atoms with Gasteiger partial charge in [0.05, 0.1) is 24.3 Å². The van der Waals surface area contributed by atoms with E-state index >= 15 is 0 Å². The molecule has 0 radical (unpaired) electrons. The van der Waals surface area contributed by atoms with Gasteiger partial charge in [-0.05, 0) is 66.5 Å². The van der Waals surface area contributed by atoms with Crippen LogP contribution in [0, 0.1) is 5.82 Å². The first-order valence-electron chi connectivity index (χ1n) is 13.3. The molecule has 0 unspecified atom stereocenters. The normalized spacial score (nSPS) is 12.7. The maximum atomic E-state index is 13.6. The van der Waals surface area contributed by atoms with Crippen molar-refractivity contribution in [2.24, 2.45) is 0 Å². The van der Waals surface area contributed by atoms with Gasteiger partial charge in [0.15, 0.2) is 5.69 Å². The summed E-state index contributed by atoms with van der Waals surface area (Å²) in [6, 6.07) is 13.8. The van der Waals surface area contributed by atoms with Crippen molar-refractivity contribution in [1.82, 2.24) is 15.1 Å². The maximum absolute atomic E-state index is 13.6. The molecule has 0 aliphatic heterocycles. The van der Waals surface area contributed by atoms with Crippen molar-refractivity contribution >= 4 is 11.9 Å². The summed E-state index contributed by atoms with van der Waals surface area (Å²) in [4.78, 5) is 24.2. The predicted octanol–water partition coefficient (Wildman–Crippen LogP) is 1.82. The number of benzene rings is 2. The van der Waals surface area contributed by atoms with Crippen molar-refractivity contribution in [2.75, 3.05) is 0 Å². The minimum absolute atomic E-state index is 0. The zero-order chi connectivity index (χ0) is 28.7. The average molecular weight is 564 g/mol. The summed E-state index contributed by atoms with van der Waals surface area (Å²) in [5.41, 5.74) is 4.40. The number of carbonyl (C=O) groups excluding carboxylic acids is 1. The molecule has 0 bridgehead atoms. The molecule has 40 heavy (non-hydrogen) atoms. The number of aliphatic carboxylic acids is 1. The van der Waals surface area contributed by atoms with Crippen molar-refractivity contribution in [2.45, 2.75) is 84.0 Å². The van der Waals surface area contributed by atoms with E-state index in [1.807, 2.05) is 38.1 Å². The summed E-state index contributed by atoms with van der Waals surface area (Å²) in [5, 5.41) is 36.9. The number of aliphatic hydroxyl groups is 2. The quantitative estimate of drug-likeness (QED) is 0.235. The van der Waals surface area contributed by atoms with Gasteiger partial charge in [0.1, 0.15) is 5.82 Å². The van der Waals surface area contributed by atoms with Crippen LogP contribution in [0.4, 0.5) is 4.39 Å². The first-order chi connectivity index (χ1) is 18.5. The number of rotatable bonds is 13. The molecule has 3 aromatic rings. The molecule has 3 rings (SSSR count). The second-order valence-corrected chi connectivity index (χ2v) is 10.5. The molecular weight excluding hydrogens is 524 g/mol. The van der Waals surface area contributed by atoms with E-state index in [0.29, 0.717) is 35.8 Å². The summed E-state index contributed by atoms with van der Waals surface area (Å²) >= 11 is 0. The van der Waals surface area contributed by atoms with Crippen LogP contribution in [-0.4, -0.2) is 49.2 Å². The van der Waals surface area contributed by atoms with Crippen LogP contribution >= 0.6 is 0 Å². The molecule has 1 aromatic heterocycles. The first kappa shape index (κ1) is 33.6. The van der Waals surface area contributed by atoms with Gasteiger partial charge < -0.3 is 22.1 Å². The van der Waals surface area contributed by atoms with Gasteiger partial charge >= 0.3 is 35.5 Å². The van der Waals surface area contributed by atoms with Crippen LogP contribution in [0.2, 0.25) is 0 Å². The molecule has 0 aliphatic rings. The van der Waals surface area contributed by atoms with E-state index in [2.05, 4.69) is 24.3 Å². The van der Waals surface area contributed by atoms with Gasteiger partial charge in [0.2, 0.25) is 0 Å². The fourth-order valence-electron chi connectivity index (χ4n) is 4.58. The van der Waals surface area contributed by atoms with Crippen LogP contribution in [0.3, 0.4) is 0 Å². The molecule has 0 saturated heterocycles. The monoisotopic (exact) mass is 563 g/mol. The number of aromatic nitrogens is 2. The second kappa shape index (κ2) is 15.4. The topological polar surface area (TPSA) is 125 Å². The molecule has 0 saturated carbocycles. The van der Waals surface area contributed by atoms with Crippen molar-refractivity contribution in [1.29, 1.82) is 0 Å². The van der Waals surface area contributed by atoms with Gasteiger partial charge in [-0.25, -0.2) is 9.07 Å². The zero-order valence-electron chi connectivity index (χ0n) is 24.9.